The van der Waals surface area contributed by atoms with Crippen molar-refractivity contribution in [1.82, 2.24) is 9.97 Å². The van der Waals surface area contributed by atoms with Gasteiger partial charge >= 0.3 is 7.12 Å². The maximum atomic E-state index is 9.23. The van der Waals surface area contributed by atoms with E-state index < -0.39 is 7.12 Å². The molecule has 0 unspecified atom stereocenters. The number of aromatic nitrogens is 2. The van der Waals surface area contributed by atoms with Gasteiger partial charge in [-0.25, -0.2) is 0 Å². The van der Waals surface area contributed by atoms with Crippen molar-refractivity contribution >= 4 is 74.7 Å². The number of halogens is 2. The Kier molecular flexibility index (Phi) is 7.87. The van der Waals surface area contributed by atoms with Crippen LogP contribution < -0.4 is 10.4 Å². The summed E-state index contributed by atoms with van der Waals surface area (Å²) in [5.74, 6) is 0. The highest BCUT2D eigenvalue weighted by Gasteiger charge is 2.14. The topological polar surface area (TPSA) is 69.5 Å². The molecule has 6 rings (SSSR count). The van der Waals surface area contributed by atoms with E-state index >= 15 is 0 Å². The van der Waals surface area contributed by atoms with Gasteiger partial charge in [-0.05, 0) is 54.0 Å². The van der Waals surface area contributed by atoms with Crippen LogP contribution in [0.4, 0.5) is 17.1 Å². The van der Waals surface area contributed by atoms with Crippen LogP contribution in [0.2, 0.25) is 10.0 Å². The van der Waals surface area contributed by atoms with Gasteiger partial charge in [0.05, 0.1) is 21.1 Å². The van der Waals surface area contributed by atoms with Crippen LogP contribution in [0.3, 0.4) is 0 Å². The fraction of sp³-hybridized carbons (Fsp3) is 0. The normalized spacial score (nSPS) is 10.6. The fourth-order valence-electron chi connectivity index (χ4n) is 4.16. The SMILES string of the molecule is Clc1ccnc2c1ccc1c(Cl)ccnc12.OB(O)c1ccc(N(c2ccccc2)c2ccccc2)cc1. The molecule has 0 amide bonds. The lowest BCUT2D eigenvalue weighted by atomic mass is 9.80. The average molecular weight is 538 g/mol. The summed E-state index contributed by atoms with van der Waals surface area (Å²) in [5, 5.41) is 21.6. The maximum absolute atomic E-state index is 9.23. The highest BCUT2D eigenvalue weighted by Crippen LogP contribution is 2.33. The van der Waals surface area contributed by atoms with Gasteiger partial charge in [-0.15, -0.1) is 0 Å². The molecule has 0 aliphatic rings. The van der Waals surface area contributed by atoms with Gasteiger partial charge in [-0.1, -0.05) is 83.9 Å². The van der Waals surface area contributed by atoms with Gasteiger partial charge in [0.25, 0.3) is 0 Å². The summed E-state index contributed by atoms with van der Waals surface area (Å²) in [5.41, 5.74) is 5.10. The third kappa shape index (κ3) is 5.49. The first kappa shape index (κ1) is 25.7. The largest absolute Gasteiger partial charge is 0.488 e. The molecule has 38 heavy (non-hydrogen) atoms. The highest BCUT2D eigenvalue weighted by molar-refractivity contribution is 6.58. The van der Waals surface area contributed by atoms with Crippen LogP contribution >= 0.6 is 23.2 Å². The smallest absolute Gasteiger partial charge is 0.423 e. The minimum Gasteiger partial charge on any atom is -0.423 e. The van der Waals surface area contributed by atoms with E-state index in [-0.39, 0.29) is 0 Å². The summed E-state index contributed by atoms with van der Waals surface area (Å²) in [4.78, 5) is 10.7. The average Bonchev–Trinajstić information content (AvgIpc) is 2.95. The van der Waals surface area contributed by atoms with E-state index in [9.17, 15) is 10.0 Å². The van der Waals surface area contributed by atoms with Gasteiger partial charge in [0.15, 0.2) is 0 Å². The van der Waals surface area contributed by atoms with Gasteiger partial charge in [-0.2, -0.15) is 0 Å². The number of anilines is 3. The molecule has 0 atom stereocenters. The molecular weight excluding hydrogens is 516 g/mol. The van der Waals surface area contributed by atoms with Crippen LogP contribution in [0, 0.1) is 0 Å². The van der Waals surface area contributed by atoms with Crippen molar-refractivity contribution in [3.05, 3.63) is 132 Å². The van der Waals surface area contributed by atoms with Crippen LogP contribution in [0.15, 0.2) is 122 Å². The zero-order valence-electron chi connectivity index (χ0n) is 20.1. The van der Waals surface area contributed by atoms with Gasteiger partial charge < -0.3 is 14.9 Å². The highest BCUT2D eigenvalue weighted by atomic mass is 35.5. The second-order valence-electron chi connectivity index (χ2n) is 8.42. The molecule has 2 heterocycles. The third-order valence-corrected chi connectivity index (χ3v) is 6.65. The molecule has 0 saturated carbocycles. The Morgan fingerprint density at radius 1 is 0.526 bits per heavy atom. The number of hydrogen-bond acceptors (Lipinski definition) is 5. The van der Waals surface area contributed by atoms with Crippen LogP contribution in [0.5, 0.6) is 0 Å². The quantitative estimate of drug-likeness (QED) is 0.188. The first-order chi connectivity index (χ1) is 18.5. The second kappa shape index (κ2) is 11.6. The van der Waals surface area contributed by atoms with Gasteiger partial charge in [0, 0.05) is 40.2 Å². The fourth-order valence-corrected chi connectivity index (χ4v) is 4.58. The number of benzene rings is 4. The van der Waals surface area contributed by atoms with E-state index in [1.165, 1.54) is 0 Å². The number of nitrogens with zero attached hydrogens (tertiary/aromatic N) is 3. The zero-order chi connectivity index (χ0) is 26.5. The monoisotopic (exact) mass is 537 g/mol. The molecule has 0 saturated heterocycles. The lowest BCUT2D eigenvalue weighted by Gasteiger charge is -2.25. The van der Waals surface area contributed by atoms with Gasteiger partial charge in [0.1, 0.15) is 0 Å². The zero-order valence-corrected chi connectivity index (χ0v) is 21.6. The van der Waals surface area contributed by atoms with Crippen LogP contribution in [-0.4, -0.2) is 27.1 Å². The predicted octanol–water partition coefficient (Wildman–Crippen LogP) is 6.93. The first-order valence-corrected chi connectivity index (χ1v) is 12.6. The Hall–Kier alpha value is -3.94. The predicted molar refractivity (Wildman–Crippen MR) is 158 cm³/mol. The van der Waals surface area contributed by atoms with Gasteiger partial charge in [-0.3, -0.25) is 9.97 Å². The molecule has 2 aromatic heterocycles. The molecule has 6 aromatic rings. The molecule has 4 aromatic carbocycles. The number of fused-ring (bicyclic) bond motifs is 3. The van der Waals surface area contributed by atoms with Crippen molar-refractivity contribution in [3.63, 3.8) is 0 Å². The lowest BCUT2D eigenvalue weighted by Crippen LogP contribution is -2.29. The number of para-hydroxylation sites is 2. The Morgan fingerprint density at radius 3 is 1.37 bits per heavy atom. The minimum atomic E-state index is -1.45. The van der Waals surface area contributed by atoms with Crippen LogP contribution in [0.25, 0.3) is 21.8 Å². The van der Waals surface area contributed by atoms with Crippen molar-refractivity contribution < 1.29 is 10.0 Å². The molecule has 0 fully saturated rings. The molecule has 0 spiro atoms. The Bertz CT molecular complexity index is 1570. The number of pyridine rings is 2. The van der Waals surface area contributed by atoms with E-state index in [1.54, 1.807) is 36.7 Å². The molecule has 0 radical (unpaired) electrons. The molecule has 2 N–H and O–H groups in total. The first-order valence-electron chi connectivity index (χ1n) is 11.9. The summed E-state index contributed by atoms with van der Waals surface area (Å²) < 4.78 is 0. The van der Waals surface area contributed by atoms with E-state index in [1.807, 2.05) is 84.9 Å². The Balaban J connectivity index is 0.000000162. The standard InChI is InChI=1S/C18H16BNO2.C12H6Cl2N2/c21-19(22)15-11-13-18(14-12-15)20(16-7-3-1-4-8-16)17-9-5-2-6-10-17;13-9-3-5-15-11-7(9)1-2-8-10(14)4-6-16-12(8)11/h1-14,21-22H;1-6H. The van der Waals surface area contributed by atoms with Crippen molar-refractivity contribution in [1.29, 1.82) is 0 Å². The maximum Gasteiger partial charge on any atom is 0.488 e. The van der Waals surface area contributed by atoms with E-state index in [4.69, 9.17) is 23.2 Å². The number of rotatable bonds is 4. The van der Waals surface area contributed by atoms with Crippen molar-refractivity contribution in [2.24, 2.45) is 0 Å². The summed E-state index contributed by atoms with van der Waals surface area (Å²) in [6, 6.07) is 34.7. The Morgan fingerprint density at radius 2 is 0.947 bits per heavy atom. The van der Waals surface area contributed by atoms with Gasteiger partial charge in [0.2, 0.25) is 0 Å². The Labute approximate surface area is 230 Å². The van der Waals surface area contributed by atoms with E-state index in [0.717, 1.165) is 38.9 Å². The summed E-state index contributed by atoms with van der Waals surface area (Å²) in [6.45, 7) is 0. The summed E-state index contributed by atoms with van der Waals surface area (Å²) in [7, 11) is -1.45. The molecule has 8 heteroatoms. The second-order valence-corrected chi connectivity index (χ2v) is 9.23. The van der Waals surface area contributed by atoms with E-state index in [0.29, 0.717) is 15.5 Å². The molecule has 186 valence electrons. The summed E-state index contributed by atoms with van der Waals surface area (Å²) in [6.07, 6.45) is 3.35. The molecule has 5 nitrogen and oxygen atoms in total. The molecule has 0 bridgehead atoms. The molecular formula is C30H22BCl2N3O2. The molecule has 0 aliphatic carbocycles. The van der Waals surface area contributed by atoms with Crippen molar-refractivity contribution in [3.8, 4) is 0 Å². The van der Waals surface area contributed by atoms with E-state index in [2.05, 4.69) is 14.9 Å². The number of hydrogen-bond donors (Lipinski definition) is 2. The molecule has 0 aliphatic heterocycles. The van der Waals surface area contributed by atoms with Crippen LogP contribution in [0.1, 0.15) is 0 Å². The van der Waals surface area contributed by atoms with Crippen molar-refractivity contribution in [2.75, 3.05) is 4.90 Å². The third-order valence-electron chi connectivity index (χ3n) is 5.99. The minimum absolute atomic E-state index is 0.477. The summed E-state index contributed by atoms with van der Waals surface area (Å²) >= 11 is 12.2. The van der Waals surface area contributed by atoms with Crippen LogP contribution in [-0.2, 0) is 0 Å². The lowest BCUT2D eigenvalue weighted by molar-refractivity contribution is 0.426. The van der Waals surface area contributed by atoms with Crippen molar-refractivity contribution in [2.45, 2.75) is 0 Å².